The quantitative estimate of drug-likeness (QED) is 0.534. The predicted octanol–water partition coefficient (Wildman–Crippen LogP) is 3.10. The van der Waals surface area contributed by atoms with Gasteiger partial charge in [0.05, 0.1) is 12.2 Å². The molecule has 0 bridgehead atoms. The van der Waals surface area contributed by atoms with E-state index in [1.54, 1.807) is 15.6 Å². The Kier molecular flexibility index (Phi) is 3.93. The smallest absolute Gasteiger partial charge is 0.283 e. The van der Waals surface area contributed by atoms with Gasteiger partial charge >= 0.3 is 0 Å². The molecule has 25 heavy (non-hydrogen) atoms. The minimum absolute atomic E-state index is 0.198. The first kappa shape index (κ1) is 15.7. The van der Waals surface area contributed by atoms with E-state index < -0.39 is 0 Å². The molecular weight excluding hydrogens is 382 g/mol. The molecule has 6 nitrogen and oxygen atoms in total. The third-order valence-electron chi connectivity index (χ3n) is 4.10. The molecule has 4 aromatic rings. The van der Waals surface area contributed by atoms with Crippen LogP contribution in [0.5, 0.6) is 0 Å². The first-order chi connectivity index (χ1) is 12.1. The second-order valence-electron chi connectivity index (χ2n) is 5.75. The average molecular weight is 396 g/mol. The number of nitrogens with zero attached hydrogens (tertiary/aromatic N) is 5. The van der Waals surface area contributed by atoms with Crippen LogP contribution in [0.25, 0.3) is 16.9 Å². The van der Waals surface area contributed by atoms with E-state index in [1.165, 1.54) is 0 Å². The highest BCUT2D eigenvalue weighted by Gasteiger charge is 2.13. The maximum atomic E-state index is 12.7. The summed E-state index contributed by atoms with van der Waals surface area (Å²) in [6, 6.07) is 15.6. The number of halogens is 1. The molecule has 0 amide bonds. The van der Waals surface area contributed by atoms with Crippen molar-refractivity contribution >= 4 is 27.1 Å². The molecule has 124 valence electrons. The van der Waals surface area contributed by atoms with Crippen molar-refractivity contribution in [1.82, 2.24) is 24.5 Å². The third-order valence-corrected chi connectivity index (χ3v) is 4.63. The molecule has 0 aliphatic carbocycles. The largest absolute Gasteiger partial charge is 0.293 e. The Balaban J connectivity index is 1.78. The molecule has 0 aliphatic heterocycles. The number of hydrogen-bond donors (Lipinski definition) is 0. The fourth-order valence-electron chi connectivity index (χ4n) is 2.68. The summed E-state index contributed by atoms with van der Waals surface area (Å²) in [5.74, 6) is 0. The number of rotatable bonds is 3. The van der Waals surface area contributed by atoms with Crippen molar-refractivity contribution in [3.8, 4) is 5.69 Å². The lowest BCUT2D eigenvalue weighted by molar-refractivity contribution is 0.741. The van der Waals surface area contributed by atoms with Crippen LogP contribution in [0.4, 0.5) is 0 Å². The van der Waals surface area contributed by atoms with Gasteiger partial charge < -0.3 is 0 Å². The Morgan fingerprint density at radius 3 is 2.60 bits per heavy atom. The van der Waals surface area contributed by atoms with Gasteiger partial charge in [-0.2, -0.15) is 4.68 Å². The van der Waals surface area contributed by atoms with Gasteiger partial charge in [-0.3, -0.25) is 9.36 Å². The molecule has 0 saturated carbocycles. The van der Waals surface area contributed by atoms with Gasteiger partial charge in [-0.1, -0.05) is 45.4 Å². The highest BCUT2D eigenvalue weighted by Crippen LogP contribution is 2.16. The van der Waals surface area contributed by atoms with Gasteiger partial charge in [0, 0.05) is 4.47 Å². The average Bonchev–Trinajstić information content (AvgIpc) is 3.05. The van der Waals surface area contributed by atoms with E-state index in [0.717, 1.165) is 21.3 Å². The lowest BCUT2D eigenvalue weighted by Crippen LogP contribution is -2.22. The summed E-state index contributed by atoms with van der Waals surface area (Å²) in [5.41, 5.74) is 3.53. The molecule has 2 aromatic carbocycles. The van der Waals surface area contributed by atoms with Crippen molar-refractivity contribution in [2.75, 3.05) is 0 Å². The number of fused-ring (bicyclic) bond motifs is 1. The van der Waals surface area contributed by atoms with Crippen LogP contribution in [-0.2, 0) is 6.54 Å². The highest BCUT2D eigenvalue weighted by molar-refractivity contribution is 9.10. The first-order valence-corrected chi connectivity index (χ1v) is 8.54. The van der Waals surface area contributed by atoms with Gasteiger partial charge in [0.25, 0.3) is 5.56 Å². The maximum absolute atomic E-state index is 12.7. The Bertz CT molecular complexity index is 1110. The Labute approximate surface area is 151 Å². The Hall–Kier alpha value is -2.80. The number of benzene rings is 2. The lowest BCUT2D eigenvalue weighted by atomic mass is 10.1. The van der Waals surface area contributed by atoms with Crippen LogP contribution in [0.3, 0.4) is 0 Å². The van der Waals surface area contributed by atoms with E-state index in [0.29, 0.717) is 12.2 Å². The predicted molar refractivity (Wildman–Crippen MR) is 98.9 cm³/mol. The van der Waals surface area contributed by atoms with Crippen molar-refractivity contribution in [3.05, 3.63) is 80.8 Å². The fraction of sp³-hybridized carbons (Fsp3) is 0.111. The van der Waals surface area contributed by atoms with Crippen LogP contribution in [0.15, 0.2) is 64.1 Å². The van der Waals surface area contributed by atoms with Crippen LogP contribution < -0.4 is 5.56 Å². The maximum Gasteiger partial charge on any atom is 0.283 e. The van der Waals surface area contributed by atoms with E-state index in [1.807, 2.05) is 55.5 Å². The molecule has 0 saturated heterocycles. The molecule has 0 spiro atoms. The van der Waals surface area contributed by atoms with Crippen molar-refractivity contribution in [2.24, 2.45) is 0 Å². The molecule has 0 atom stereocenters. The van der Waals surface area contributed by atoms with Gasteiger partial charge in [-0.05, 0) is 42.3 Å². The summed E-state index contributed by atoms with van der Waals surface area (Å²) in [7, 11) is 0. The van der Waals surface area contributed by atoms with Crippen molar-refractivity contribution < 1.29 is 0 Å². The van der Waals surface area contributed by atoms with Crippen LogP contribution in [0.2, 0.25) is 0 Å². The van der Waals surface area contributed by atoms with E-state index in [-0.39, 0.29) is 11.1 Å². The minimum atomic E-state index is -0.198. The summed E-state index contributed by atoms with van der Waals surface area (Å²) >= 11 is 3.40. The zero-order valence-corrected chi connectivity index (χ0v) is 15.0. The molecule has 0 unspecified atom stereocenters. The summed E-state index contributed by atoms with van der Waals surface area (Å²) in [4.78, 5) is 17.2. The van der Waals surface area contributed by atoms with Crippen LogP contribution in [0.1, 0.15) is 11.1 Å². The zero-order valence-electron chi connectivity index (χ0n) is 13.4. The highest BCUT2D eigenvalue weighted by atomic mass is 79.9. The SMILES string of the molecule is Cc1ccccc1Cn1cnc2c(nnn2-c2ccc(Br)cc2)c1=O. The summed E-state index contributed by atoms with van der Waals surface area (Å²) in [5, 5.41) is 8.14. The molecule has 7 heteroatoms. The van der Waals surface area contributed by atoms with Gasteiger partial charge in [-0.15, -0.1) is 5.10 Å². The first-order valence-electron chi connectivity index (χ1n) is 7.75. The lowest BCUT2D eigenvalue weighted by Gasteiger charge is -2.08. The van der Waals surface area contributed by atoms with Crippen LogP contribution in [0, 0.1) is 6.92 Å². The number of aryl methyl sites for hydroxylation is 1. The van der Waals surface area contributed by atoms with Crippen molar-refractivity contribution in [1.29, 1.82) is 0 Å². The molecule has 0 radical (unpaired) electrons. The minimum Gasteiger partial charge on any atom is -0.293 e. The normalized spacial score (nSPS) is 11.1. The van der Waals surface area contributed by atoms with Crippen molar-refractivity contribution in [2.45, 2.75) is 13.5 Å². The van der Waals surface area contributed by atoms with Gasteiger partial charge in [0.15, 0.2) is 11.2 Å². The molecule has 0 aliphatic rings. The standard InChI is InChI=1S/C18H14BrN5O/c1-12-4-2-3-5-13(12)10-23-11-20-17-16(18(23)25)21-22-24(17)15-8-6-14(19)7-9-15/h2-9,11H,10H2,1H3. The fourth-order valence-corrected chi connectivity index (χ4v) is 2.95. The molecule has 4 rings (SSSR count). The van der Waals surface area contributed by atoms with Crippen molar-refractivity contribution in [3.63, 3.8) is 0 Å². The van der Waals surface area contributed by atoms with E-state index in [2.05, 4.69) is 31.2 Å². The van der Waals surface area contributed by atoms with E-state index in [4.69, 9.17) is 0 Å². The van der Waals surface area contributed by atoms with E-state index >= 15 is 0 Å². The summed E-state index contributed by atoms with van der Waals surface area (Å²) in [6.07, 6.45) is 1.55. The molecule has 2 aromatic heterocycles. The summed E-state index contributed by atoms with van der Waals surface area (Å²) in [6.45, 7) is 2.48. The molecule has 0 N–H and O–H groups in total. The number of aromatic nitrogens is 5. The monoisotopic (exact) mass is 395 g/mol. The van der Waals surface area contributed by atoms with Crippen LogP contribution >= 0.6 is 15.9 Å². The zero-order chi connectivity index (χ0) is 17.4. The third kappa shape index (κ3) is 2.87. The molecule has 2 heterocycles. The Morgan fingerprint density at radius 2 is 1.84 bits per heavy atom. The van der Waals surface area contributed by atoms with Gasteiger partial charge in [0.1, 0.15) is 6.33 Å². The molecule has 0 fully saturated rings. The van der Waals surface area contributed by atoms with E-state index in [9.17, 15) is 4.79 Å². The molecular formula is C18H14BrN5O. The van der Waals surface area contributed by atoms with Gasteiger partial charge in [-0.25, -0.2) is 4.98 Å². The van der Waals surface area contributed by atoms with Crippen LogP contribution in [-0.4, -0.2) is 24.5 Å². The topological polar surface area (TPSA) is 65.6 Å². The second kappa shape index (κ2) is 6.25. The summed E-state index contributed by atoms with van der Waals surface area (Å²) < 4.78 is 4.10. The second-order valence-corrected chi connectivity index (χ2v) is 6.67. The van der Waals surface area contributed by atoms with Gasteiger partial charge in [0.2, 0.25) is 0 Å². The number of hydrogen-bond acceptors (Lipinski definition) is 4. The Morgan fingerprint density at radius 1 is 1.08 bits per heavy atom.